The number of hydrogen-bond donors (Lipinski definition) is 0. The van der Waals surface area contributed by atoms with Crippen molar-refractivity contribution in [3.8, 4) is 5.75 Å². The maximum absolute atomic E-state index is 12.5. The first-order valence-electron chi connectivity index (χ1n) is 9.31. The monoisotopic (exact) mass is 415 g/mol. The van der Waals surface area contributed by atoms with Crippen LogP contribution in [0.4, 0.5) is 11.4 Å². The van der Waals surface area contributed by atoms with E-state index in [2.05, 4.69) is 0 Å². The number of nitro benzene ring substituents is 1. The molecule has 30 heavy (non-hydrogen) atoms. The zero-order chi connectivity index (χ0) is 22.3. The topological polar surface area (TPSA) is 102 Å². The summed E-state index contributed by atoms with van der Waals surface area (Å²) in [4.78, 5) is 38.3. The van der Waals surface area contributed by atoms with E-state index in [1.807, 2.05) is 31.2 Å². The Morgan fingerprint density at radius 1 is 1.07 bits per heavy atom. The van der Waals surface area contributed by atoms with E-state index >= 15 is 0 Å². The molecular weight excluding hydrogens is 390 g/mol. The molecule has 0 heterocycles. The second-order valence-corrected chi connectivity index (χ2v) is 6.76. The fourth-order valence-corrected chi connectivity index (χ4v) is 2.73. The summed E-state index contributed by atoms with van der Waals surface area (Å²) in [6.07, 6.45) is 0. The van der Waals surface area contributed by atoms with Crippen molar-refractivity contribution in [3.05, 3.63) is 63.7 Å². The summed E-state index contributed by atoms with van der Waals surface area (Å²) in [6.45, 7) is 2.34. The van der Waals surface area contributed by atoms with E-state index in [0.717, 1.165) is 17.4 Å². The van der Waals surface area contributed by atoms with Crippen LogP contribution in [0.2, 0.25) is 0 Å². The number of carbonyl (C=O) groups is 2. The van der Waals surface area contributed by atoms with Crippen LogP contribution in [-0.4, -0.2) is 56.1 Å². The van der Waals surface area contributed by atoms with Crippen molar-refractivity contribution in [1.29, 1.82) is 0 Å². The van der Waals surface area contributed by atoms with Gasteiger partial charge in [-0.05, 0) is 30.7 Å². The van der Waals surface area contributed by atoms with Crippen LogP contribution in [0, 0.1) is 10.1 Å². The standard InChI is InChI=1S/C21H25N3O6/c1-5-29-17-9-6-15(7-10-17)13-23(4)20(25)14-30-21(26)18-12-16(24(27)28)8-11-19(18)22(2)3/h6-12H,5,13-14H2,1-4H3. The second-order valence-electron chi connectivity index (χ2n) is 6.76. The number of esters is 1. The molecule has 2 rings (SSSR count). The van der Waals surface area contributed by atoms with E-state index in [1.165, 1.54) is 17.0 Å². The summed E-state index contributed by atoms with van der Waals surface area (Å²) in [5, 5.41) is 11.0. The predicted octanol–water partition coefficient (Wildman–Crippen LogP) is 2.87. The van der Waals surface area contributed by atoms with Gasteiger partial charge in [0.15, 0.2) is 6.61 Å². The third-order valence-electron chi connectivity index (χ3n) is 4.30. The Morgan fingerprint density at radius 3 is 2.30 bits per heavy atom. The first-order chi connectivity index (χ1) is 14.2. The van der Waals surface area contributed by atoms with Crippen LogP contribution in [0.5, 0.6) is 5.75 Å². The molecule has 0 saturated heterocycles. The molecule has 0 aliphatic carbocycles. The van der Waals surface area contributed by atoms with Crippen molar-refractivity contribution in [2.75, 3.05) is 39.3 Å². The van der Waals surface area contributed by atoms with Gasteiger partial charge in [0.25, 0.3) is 11.6 Å². The zero-order valence-corrected chi connectivity index (χ0v) is 17.5. The first kappa shape index (κ1) is 22.7. The van der Waals surface area contributed by atoms with Gasteiger partial charge in [-0.2, -0.15) is 0 Å². The van der Waals surface area contributed by atoms with Crippen molar-refractivity contribution in [2.45, 2.75) is 13.5 Å². The van der Waals surface area contributed by atoms with Gasteiger partial charge in [0.2, 0.25) is 0 Å². The maximum atomic E-state index is 12.5. The van der Waals surface area contributed by atoms with Gasteiger partial charge in [0.05, 0.1) is 22.8 Å². The Kier molecular flexibility index (Phi) is 7.74. The molecule has 0 saturated carbocycles. The molecule has 9 heteroatoms. The Balaban J connectivity index is 2.00. The minimum Gasteiger partial charge on any atom is -0.494 e. The Bertz CT molecular complexity index is 911. The van der Waals surface area contributed by atoms with E-state index in [1.54, 1.807) is 26.0 Å². The van der Waals surface area contributed by atoms with Gasteiger partial charge in [0, 0.05) is 39.8 Å². The molecule has 0 aromatic heterocycles. The van der Waals surface area contributed by atoms with Gasteiger partial charge in [-0.15, -0.1) is 0 Å². The molecule has 0 radical (unpaired) electrons. The molecule has 0 fully saturated rings. The third kappa shape index (κ3) is 5.94. The molecule has 9 nitrogen and oxygen atoms in total. The highest BCUT2D eigenvalue weighted by molar-refractivity contribution is 5.97. The van der Waals surface area contributed by atoms with Gasteiger partial charge in [-0.25, -0.2) is 4.79 Å². The molecule has 1 amide bonds. The Hall–Kier alpha value is -3.62. The van der Waals surface area contributed by atoms with Crippen LogP contribution in [0.1, 0.15) is 22.8 Å². The molecule has 0 aliphatic rings. The lowest BCUT2D eigenvalue weighted by molar-refractivity contribution is -0.384. The van der Waals surface area contributed by atoms with Crippen LogP contribution in [-0.2, 0) is 16.1 Å². The number of likely N-dealkylation sites (N-methyl/N-ethyl adjacent to an activating group) is 1. The second kappa shape index (κ2) is 10.2. The summed E-state index contributed by atoms with van der Waals surface area (Å²) in [7, 11) is 5.01. The Labute approximate surface area is 174 Å². The predicted molar refractivity (Wildman–Crippen MR) is 112 cm³/mol. The van der Waals surface area contributed by atoms with E-state index in [9.17, 15) is 19.7 Å². The van der Waals surface area contributed by atoms with Gasteiger partial charge in [0.1, 0.15) is 5.75 Å². The molecule has 0 unspecified atom stereocenters. The summed E-state index contributed by atoms with van der Waals surface area (Å²) < 4.78 is 10.5. The minimum atomic E-state index is -0.801. The van der Waals surface area contributed by atoms with Gasteiger partial charge >= 0.3 is 5.97 Å². The van der Waals surface area contributed by atoms with Crippen LogP contribution >= 0.6 is 0 Å². The van der Waals surface area contributed by atoms with Gasteiger partial charge in [-0.1, -0.05) is 12.1 Å². The molecular formula is C21H25N3O6. The third-order valence-corrected chi connectivity index (χ3v) is 4.30. The van der Waals surface area contributed by atoms with E-state index in [0.29, 0.717) is 18.8 Å². The fraction of sp³-hybridized carbons (Fsp3) is 0.333. The highest BCUT2D eigenvalue weighted by Gasteiger charge is 2.21. The Morgan fingerprint density at radius 2 is 1.73 bits per heavy atom. The summed E-state index contributed by atoms with van der Waals surface area (Å²) in [6, 6.07) is 11.3. The lowest BCUT2D eigenvalue weighted by Crippen LogP contribution is -2.31. The molecule has 0 spiro atoms. The fourth-order valence-electron chi connectivity index (χ4n) is 2.73. The number of rotatable bonds is 9. The summed E-state index contributed by atoms with van der Waals surface area (Å²) in [5.41, 5.74) is 1.15. The largest absolute Gasteiger partial charge is 0.494 e. The van der Waals surface area contributed by atoms with E-state index in [-0.39, 0.29) is 11.3 Å². The lowest BCUT2D eigenvalue weighted by Gasteiger charge is -2.19. The van der Waals surface area contributed by atoms with E-state index in [4.69, 9.17) is 9.47 Å². The van der Waals surface area contributed by atoms with Crippen molar-refractivity contribution < 1.29 is 24.0 Å². The number of benzene rings is 2. The highest BCUT2D eigenvalue weighted by Crippen LogP contribution is 2.25. The number of amides is 1. The van der Waals surface area contributed by atoms with Crippen molar-refractivity contribution in [1.82, 2.24) is 4.90 Å². The molecule has 160 valence electrons. The zero-order valence-electron chi connectivity index (χ0n) is 17.5. The molecule has 2 aromatic carbocycles. The van der Waals surface area contributed by atoms with Crippen LogP contribution < -0.4 is 9.64 Å². The van der Waals surface area contributed by atoms with Crippen LogP contribution in [0.15, 0.2) is 42.5 Å². The average molecular weight is 415 g/mol. The molecule has 0 aliphatic heterocycles. The number of hydrogen-bond acceptors (Lipinski definition) is 7. The van der Waals surface area contributed by atoms with E-state index < -0.39 is 23.4 Å². The molecule has 2 aromatic rings. The number of non-ortho nitro benzene ring substituents is 1. The highest BCUT2D eigenvalue weighted by atomic mass is 16.6. The van der Waals surface area contributed by atoms with Crippen LogP contribution in [0.25, 0.3) is 0 Å². The average Bonchev–Trinajstić information content (AvgIpc) is 2.72. The quantitative estimate of drug-likeness (QED) is 0.352. The number of nitro groups is 1. The number of nitrogens with zero attached hydrogens (tertiary/aromatic N) is 3. The van der Waals surface area contributed by atoms with Crippen molar-refractivity contribution in [2.24, 2.45) is 0 Å². The smallest absolute Gasteiger partial charge is 0.341 e. The number of ether oxygens (including phenoxy) is 2. The van der Waals surface area contributed by atoms with Crippen molar-refractivity contribution >= 4 is 23.3 Å². The minimum absolute atomic E-state index is 0.0242. The molecule has 0 N–H and O–H groups in total. The maximum Gasteiger partial charge on any atom is 0.341 e. The first-order valence-corrected chi connectivity index (χ1v) is 9.31. The summed E-state index contributed by atoms with van der Waals surface area (Å²) >= 11 is 0. The van der Waals surface area contributed by atoms with Crippen molar-refractivity contribution in [3.63, 3.8) is 0 Å². The van der Waals surface area contributed by atoms with Gasteiger partial charge < -0.3 is 19.3 Å². The number of anilines is 1. The normalized spacial score (nSPS) is 10.3. The molecule has 0 bridgehead atoms. The SMILES string of the molecule is CCOc1ccc(CN(C)C(=O)COC(=O)c2cc([N+](=O)[O-])ccc2N(C)C)cc1. The summed E-state index contributed by atoms with van der Waals surface area (Å²) in [5.74, 6) is -0.447. The number of carbonyl (C=O) groups excluding carboxylic acids is 2. The van der Waals surface area contributed by atoms with Crippen LogP contribution in [0.3, 0.4) is 0 Å². The lowest BCUT2D eigenvalue weighted by atomic mass is 10.1. The molecule has 0 atom stereocenters. The van der Waals surface area contributed by atoms with Gasteiger partial charge in [-0.3, -0.25) is 14.9 Å².